The van der Waals surface area contributed by atoms with Gasteiger partial charge in [0.2, 0.25) is 11.9 Å². The van der Waals surface area contributed by atoms with Gasteiger partial charge in [-0.2, -0.15) is 4.98 Å². The first-order valence-electron chi connectivity index (χ1n) is 12.5. The van der Waals surface area contributed by atoms with Gasteiger partial charge in [0, 0.05) is 30.6 Å². The third-order valence-electron chi connectivity index (χ3n) is 6.67. The van der Waals surface area contributed by atoms with E-state index in [0.717, 1.165) is 59.5 Å². The fraction of sp³-hybridized carbons (Fsp3) is 0.276. The number of carbonyl (C=O) groups is 1. The Labute approximate surface area is 212 Å². The normalized spacial score (nSPS) is 13.9. The zero-order valence-corrected chi connectivity index (χ0v) is 20.6. The van der Waals surface area contributed by atoms with Gasteiger partial charge in [-0.15, -0.1) is 0 Å². The van der Waals surface area contributed by atoms with E-state index in [1.165, 1.54) is 0 Å². The number of hydrogen-bond donors (Lipinski definition) is 3. The molecule has 0 bridgehead atoms. The molecule has 0 spiro atoms. The Kier molecular flexibility index (Phi) is 7.38. The second-order valence-electron chi connectivity index (χ2n) is 9.12. The van der Waals surface area contributed by atoms with E-state index in [1.807, 2.05) is 54.4 Å². The third-order valence-corrected chi connectivity index (χ3v) is 6.67. The summed E-state index contributed by atoms with van der Waals surface area (Å²) >= 11 is 0. The number of nitrogens with one attached hydrogen (secondary N) is 3. The highest BCUT2D eigenvalue weighted by molar-refractivity contribution is 5.95. The van der Waals surface area contributed by atoms with Crippen molar-refractivity contribution >= 4 is 34.3 Å². The van der Waals surface area contributed by atoms with E-state index in [4.69, 9.17) is 0 Å². The fourth-order valence-electron chi connectivity index (χ4n) is 4.65. The maximum absolute atomic E-state index is 13.5. The number of aromatic nitrogens is 2. The predicted octanol–water partition coefficient (Wildman–Crippen LogP) is 4.82. The Balaban J connectivity index is 1.34. The van der Waals surface area contributed by atoms with Gasteiger partial charge in [-0.3, -0.25) is 4.79 Å². The predicted molar refractivity (Wildman–Crippen MR) is 146 cm³/mol. The number of hydrogen-bond acceptors (Lipinski definition) is 6. The summed E-state index contributed by atoms with van der Waals surface area (Å²) in [5.41, 5.74) is 4.06. The van der Waals surface area contributed by atoms with Crippen molar-refractivity contribution in [1.82, 2.24) is 15.3 Å². The smallest absolute Gasteiger partial charge is 0.230 e. The standard InChI is InChI=1S/C29H32N6O/c1-30-29-33-26-10-6-5-9-25(26)27(34-29)32-19-21-11-13-24(14-12-21)35(20-22-7-3-2-4-8-22)28(36)23-15-17-31-18-16-23/h2-14,23,31H,15-20H2,1H3,(H2,30,32,33,34). The zero-order chi connectivity index (χ0) is 24.7. The van der Waals surface area contributed by atoms with Crippen molar-refractivity contribution in [2.24, 2.45) is 5.92 Å². The molecule has 2 heterocycles. The van der Waals surface area contributed by atoms with Gasteiger partial charge in [-0.05, 0) is 61.3 Å². The molecule has 1 aliphatic rings. The molecular formula is C29H32N6O. The van der Waals surface area contributed by atoms with Gasteiger partial charge >= 0.3 is 0 Å². The van der Waals surface area contributed by atoms with E-state index >= 15 is 0 Å². The minimum Gasteiger partial charge on any atom is -0.365 e. The number of carbonyl (C=O) groups excluding carboxylic acids is 1. The van der Waals surface area contributed by atoms with Crippen molar-refractivity contribution in [1.29, 1.82) is 0 Å². The number of benzene rings is 3. The first kappa shape index (κ1) is 23.8. The van der Waals surface area contributed by atoms with Crippen molar-refractivity contribution in [3.05, 3.63) is 90.0 Å². The lowest BCUT2D eigenvalue weighted by Gasteiger charge is -2.30. The Morgan fingerprint density at radius 1 is 0.917 bits per heavy atom. The number of anilines is 3. The third kappa shape index (κ3) is 5.47. The zero-order valence-electron chi connectivity index (χ0n) is 20.6. The highest BCUT2D eigenvalue weighted by Gasteiger charge is 2.27. The van der Waals surface area contributed by atoms with Gasteiger partial charge in [0.15, 0.2) is 0 Å². The van der Waals surface area contributed by atoms with Crippen LogP contribution in [0.5, 0.6) is 0 Å². The quantitative estimate of drug-likeness (QED) is 0.336. The van der Waals surface area contributed by atoms with Crippen LogP contribution in [0.1, 0.15) is 24.0 Å². The van der Waals surface area contributed by atoms with Gasteiger partial charge in [-0.1, -0.05) is 54.6 Å². The van der Waals surface area contributed by atoms with E-state index in [0.29, 0.717) is 19.0 Å². The Hall–Kier alpha value is -3.97. The summed E-state index contributed by atoms with van der Waals surface area (Å²) < 4.78 is 0. The Bertz CT molecular complexity index is 1300. The average Bonchev–Trinajstić information content (AvgIpc) is 2.95. The monoisotopic (exact) mass is 480 g/mol. The summed E-state index contributed by atoms with van der Waals surface area (Å²) in [6, 6.07) is 26.4. The molecule has 0 radical (unpaired) electrons. The lowest BCUT2D eigenvalue weighted by molar-refractivity contribution is -0.123. The SMILES string of the molecule is CNc1nc(NCc2ccc(N(Cc3ccccc3)C(=O)C3CCNCC3)cc2)c2ccccc2n1. The molecule has 184 valence electrons. The molecule has 7 heteroatoms. The summed E-state index contributed by atoms with van der Waals surface area (Å²) in [4.78, 5) is 24.6. The Morgan fingerprint density at radius 2 is 1.64 bits per heavy atom. The summed E-state index contributed by atoms with van der Waals surface area (Å²) in [6.07, 6.45) is 1.77. The molecule has 7 nitrogen and oxygen atoms in total. The van der Waals surface area contributed by atoms with Crippen LogP contribution in [0.4, 0.5) is 17.5 Å². The molecule has 1 saturated heterocycles. The second-order valence-corrected chi connectivity index (χ2v) is 9.12. The van der Waals surface area contributed by atoms with Crippen molar-refractivity contribution in [2.75, 3.05) is 35.7 Å². The number of piperidine rings is 1. The van der Waals surface area contributed by atoms with Gasteiger partial charge < -0.3 is 20.9 Å². The second kappa shape index (κ2) is 11.2. The molecule has 3 aromatic carbocycles. The molecule has 1 fully saturated rings. The van der Waals surface area contributed by atoms with Crippen LogP contribution in [0, 0.1) is 5.92 Å². The van der Waals surface area contributed by atoms with E-state index in [9.17, 15) is 4.79 Å². The van der Waals surface area contributed by atoms with Crippen molar-refractivity contribution in [3.63, 3.8) is 0 Å². The molecule has 5 rings (SSSR count). The van der Waals surface area contributed by atoms with Crippen LogP contribution < -0.4 is 20.9 Å². The van der Waals surface area contributed by atoms with Gasteiger partial charge in [0.05, 0.1) is 12.1 Å². The van der Waals surface area contributed by atoms with Crippen LogP contribution in [0.25, 0.3) is 10.9 Å². The first-order valence-corrected chi connectivity index (χ1v) is 12.5. The van der Waals surface area contributed by atoms with Gasteiger partial charge in [0.25, 0.3) is 0 Å². The number of rotatable bonds is 8. The summed E-state index contributed by atoms with van der Waals surface area (Å²) in [6.45, 7) is 2.98. The van der Waals surface area contributed by atoms with Crippen LogP contribution in [-0.4, -0.2) is 36.0 Å². The van der Waals surface area contributed by atoms with Crippen LogP contribution >= 0.6 is 0 Å². The summed E-state index contributed by atoms with van der Waals surface area (Å²) in [7, 11) is 1.82. The van der Waals surface area contributed by atoms with E-state index in [1.54, 1.807) is 0 Å². The number of nitrogens with zero attached hydrogens (tertiary/aromatic N) is 3. The van der Waals surface area contributed by atoms with E-state index < -0.39 is 0 Å². The Morgan fingerprint density at radius 3 is 2.39 bits per heavy atom. The molecular weight excluding hydrogens is 448 g/mol. The largest absolute Gasteiger partial charge is 0.365 e. The number of amides is 1. The van der Waals surface area contributed by atoms with Gasteiger partial charge in [-0.25, -0.2) is 4.98 Å². The number of fused-ring (bicyclic) bond motifs is 1. The molecule has 36 heavy (non-hydrogen) atoms. The van der Waals surface area contributed by atoms with Crippen LogP contribution in [0.15, 0.2) is 78.9 Å². The minimum atomic E-state index is 0.0590. The fourth-order valence-corrected chi connectivity index (χ4v) is 4.65. The molecule has 1 amide bonds. The van der Waals surface area contributed by atoms with E-state index in [-0.39, 0.29) is 11.8 Å². The summed E-state index contributed by atoms with van der Waals surface area (Å²) in [5, 5.41) is 10.8. The van der Waals surface area contributed by atoms with E-state index in [2.05, 4.69) is 62.3 Å². The number of para-hydroxylation sites is 1. The molecule has 3 N–H and O–H groups in total. The highest BCUT2D eigenvalue weighted by Crippen LogP contribution is 2.25. The molecule has 0 unspecified atom stereocenters. The van der Waals surface area contributed by atoms with Crippen LogP contribution in [0.2, 0.25) is 0 Å². The van der Waals surface area contributed by atoms with Crippen molar-refractivity contribution in [2.45, 2.75) is 25.9 Å². The molecule has 1 aromatic heterocycles. The highest BCUT2D eigenvalue weighted by atomic mass is 16.2. The minimum absolute atomic E-state index is 0.0590. The molecule has 1 aliphatic heterocycles. The van der Waals surface area contributed by atoms with Crippen LogP contribution in [0.3, 0.4) is 0 Å². The maximum Gasteiger partial charge on any atom is 0.230 e. The lowest BCUT2D eigenvalue weighted by atomic mass is 9.96. The topological polar surface area (TPSA) is 82.2 Å². The molecule has 0 saturated carbocycles. The van der Waals surface area contributed by atoms with Crippen molar-refractivity contribution in [3.8, 4) is 0 Å². The first-order chi connectivity index (χ1) is 17.7. The van der Waals surface area contributed by atoms with Crippen LogP contribution in [-0.2, 0) is 17.9 Å². The molecule has 4 aromatic rings. The summed E-state index contributed by atoms with van der Waals surface area (Å²) in [5.74, 6) is 1.64. The van der Waals surface area contributed by atoms with Crippen molar-refractivity contribution < 1.29 is 4.79 Å². The lowest BCUT2D eigenvalue weighted by Crippen LogP contribution is -2.40. The molecule has 0 atom stereocenters. The van der Waals surface area contributed by atoms with Gasteiger partial charge in [0.1, 0.15) is 5.82 Å². The maximum atomic E-state index is 13.5. The average molecular weight is 481 g/mol. The molecule has 0 aliphatic carbocycles.